The highest BCUT2D eigenvalue weighted by molar-refractivity contribution is 7.91. The van der Waals surface area contributed by atoms with Crippen LogP contribution in [0.3, 0.4) is 0 Å². The summed E-state index contributed by atoms with van der Waals surface area (Å²) in [7, 11) is -2.43. The summed E-state index contributed by atoms with van der Waals surface area (Å²) in [6.45, 7) is 8.67. The van der Waals surface area contributed by atoms with Gasteiger partial charge in [0.05, 0.1) is 36.5 Å². The molecule has 17 nitrogen and oxygen atoms in total. The molecule has 7 rings (SSSR count). The van der Waals surface area contributed by atoms with E-state index >= 15 is 0 Å². The summed E-state index contributed by atoms with van der Waals surface area (Å²) in [6.07, 6.45) is 0.645. The Bertz CT molecular complexity index is 2400. The van der Waals surface area contributed by atoms with Crippen molar-refractivity contribution in [1.82, 2.24) is 25.2 Å². The van der Waals surface area contributed by atoms with E-state index in [0.29, 0.717) is 40.9 Å². The molecular formula is C44H51N5O12S. The highest BCUT2D eigenvalue weighted by Crippen LogP contribution is 2.46. The van der Waals surface area contributed by atoms with Gasteiger partial charge >= 0.3 is 11.9 Å². The first-order valence-electron chi connectivity index (χ1n) is 20.6. The Kier molecular flexibility index (Phi) is 12.3. The summed E-state index contributed by atoms with van der Waals surface area (Å²) in [5.74, 6) is -4.94. The molecule has 6 atom stereocenters. The number of aromatic nitrogens is 1. The van der Waals surface area contributed by atoms with Crippen molar-refractivity contribution in [3.05, 3.63) is 67.3 Å². The number of nitrogens with one attached hydrogen (secondary N) is 3. The Morgan fingerprint density at radius 3 is 2.44 bits per heavy atom. The van der Waals surface area contributed by atoms with Gasteiger partial charge in [0.25, 0.3) is 5.91 Å². The number of ether oxygens (including phenoxy) is 4. The molecule has 0 bridgehead atoms. The number of cyclic esters (lactones) is 1. The first kappa shape index (κ1) is 44.0. The van der Waals surface area contributed by atoms with Crippen molar-refractivity contribution in [3.8, 4) is 22.8 Å². The highest BCUT2D eigenvalue weighted by atomic mass is 32.2. The van der Waals surface area contributed by atoms with E-state index in [0.717, 1.165) is 5.56 Å². The van der Waals surface area contributed by atoms with Crippen LogP contribution in [0.1, 0.15) is 65.7 Å². The number of carbonyl (C=O) groups excluding carboxylic acids is 6. The number of pyridine rings is 1. The molecule has 4 amide bonds. The second-order valence-corrected chi connectivity index (χ2v) is 19.2. The van der Waals surface area contributed by atoms with Crippen molar-refractivity contribution < 1.29 is 56.1 Å². The predicted octanol–water partition coefficient (Wildman–Crippen LogP) is 3.10. The molecule has 2 aliphatic heterocycles. The minimum atomic E-state index is -3.97. The van der Waals surface area contributed by atoms with Gasteiger partial charge in [-0.2, -0.15) is 0 Å². The second kappa shape index (κ2) is 17.4. The van der Waals surface area contributed by atoms with Crippen LogP contribution in [0.4, 0.5) is 0 Å². The summed E-state index contributed by atoms with van der Waals surface area (Å²) >= 11 is 0. The minimum Gasteiger partial charge on any atom is -0.497 e. The van der Waals surface area contributed by atoms with Gasteiger partial charge in [-0.05, 0) is 58.6 Å². The summed E-state index contributed by atoms with van der Waals surface area (Å²) in [4.78, 5) is 87.1. The molecule has 4 aliphatic rings. The number of benzene rings is 2. The van der Waals surface area contributed by atoms with Gasteiger partial charge < -0.3 is 34.5 Å². The zero-order chi connectivity index (χ0) is 44.6. The molecule has 2 saturated carbocycles. The van der Waals surface area contributed by atoms with Crippen molar-refractivity contribution in [2.45, 2.75) is 100 Å². The van der Waals surface area contributed by atoms with E-state index in [1.54, 1.807) is 52.1 Å². The van der Waals surface area contributed by atoms with E-state index in [1.807, 2.05) is 30.3 Å². The number of carbonyl (C=O) groups is 6. The summed E-state index contributed by atoms with van der Waals surface area (Å²) in [5, 5.41) is 5.27. The first-order valence-corrected chi connectivity index (χ1v) is 22.1. The molecule has 2 aromatic carbocycles. The van der Waals surface area contributed by atoms with E-state index in [-0.39, 0.29) is 38.8 Å². The second-order valence-electron chi connectivity index (χ2n) is 17.2. The number of likely N-dealkylation sites (tertiary alicyclic amines) is 1. The molecule has 3 aromatic rings. The fourth-order valence-corrected chi connectivity index (χ4v) is 9.13. The van der Waals surface area contributed by atoms with Crippen LogP contribution < -0.4 is 24.8 Å². The average Bonchev–Trinajstić information content (AvgIpc) is 4.16. The van der Waals surface area contributed by atoms with Gasteiger partial charge in [0, 0.05) is 47.8 Å². The van der Waals surface area contributed by atoms with E-state index in [9.17, 15) is 37.2 Å². The van der Waals surface area contributed by atoms with Crippen LogP contribution in [0.15, 0.2) is 67.3 Å². The Balaban J connectivity index is 1.20. The quantitative estimate of drug-likeness (QED) is 0.131. The topological polar surface area (TPSA) is 226 Å². The first-order chi connectivity index (χ1) is 29.4. The monoisotopic (exact) mass is 873 g/mol. The summed E-state index contributed by atoms with van der Waals surface area (Å²) < 4.78 is 50.3. The number of hydrogen-bond donors (Lipinski definition) is 3. The fourth-order valence-electron chi connectivity index (χ4n) is 7.77. The van der Waals surface area contributed by atoms with E-state index in [4.69, 9.17) is 23.9 Å². The smallest absolute Gasteiger partial charge is 0.332 e. The zero-order valence-electron chi connectivity index (χ0n) is 35.0. The van der Waals surface area contributed by atoms with Crippen LogP contribution in [0.25, 0.3) is 22.2 Å². The normalized spacial score (nSPS) is 23.5. The average molecular weight is 874 g/mol. The van der Waals surface area contributed by atoms with Crippen molar-refractivity contribution in [3.63, 3.8) is 0 Å². The zero-order valence-corrected chi connectivity index (χ0v) is 35.8. The molecule has 330 valence electrons. The number of methoxy groups -OCH3 is 1. The lowest BCUT2D eigenvalue weighted by atomic mass is 9.96. The number of fused-ring (bicyclic) bond motifs is 1. The van der Waals surface area contributed by atoms with Gasteiger partial charge in [0.15, 0.2) is 6.04 Å². The maximum Gasteiger partial charge on any atom is 0.332 e. The molecule has 0 radical (unpaired) electrons. The number of amides is 4. The van der Waals surface area contributed by atoms with E-state index in [1.165, 1.54) is 11.0 Å². The molecule has 1 aromatic heterocycles. The van der Waals surface area contributed by atoms with Gasteiger partial charge in [-0.25, -0.2) is 18.2 Å². The number of sulfonamides is 1. The van der Waals surface area contributed by atoms with Crippen LogP contribution in [0.5, 0.6) is 11.5 Å². The Morgan fingerprint density at radius 2 is 1.82 bits per heavy atom. The van der Waals surface area contributed by atoms with Crippen LogP contribution in [0, 0.1) is 11.8 Å². The largest absolute Gasteiger partial charge is 0.497 e. The molecule has 3 heterocycles. The lowest BCUT2D eigenvalue weighted by Gasteiger charge is -2.30. The molecule has 2 saturated heterocycles. The molecule has 0 spiro atoms. The van der Waals surface area contributed by atoms with Crippen LogP contribution in [0.2, 0.25) is 0 Å². The van der Waals surface area contributed by atoms with Crippen LogP contribution in [-0.2, 0) is 48.3 Å². The SMILES string of the molecule is C=C[C@@H]1C[C@]1(NC(=O)[C@@H]1CC(Oc2cc(-c3ccccc3)nc3cc(OC)ccc23)CN1C(=O)[C@H](CCC(=O)N[C@H]1COC1=O)CC(=O)OC(C)(C)C)C(=O)NS(=O)(=O)C1CC1. The Labute approximate surface area is 359 Å². The maximum atomic E-state index is 14.8. The Hall–Kier alpha value is -6.04. The van der Waals surface area contributed by atoms with Gasteiger partial charge in [-0.3, -0.25) is 28.7 Å². The third-order valence-electron chi connectivity index (χ3n) is 11.4. The molecule has 1 unspecified atom stereocenters. The predicted molar refractivity (Wildman–Crippen MR) is 224 cm³/mol. The van der Waals surface area contributed by atoms with E-state index < -0.39 is 98.4 Å². The van der Waals surface area contributed by atoms with Gasteiger partial charge in [0.1, 0.15) is 41.4 Å². The van der Waals surface area contributed by atoms with Crippen molar-refractivity contribution in [2.75, 3.05) is 20.3 Å². The van der Waals surface area contributed by atoms with Crippen LogP contribution in [-0.4, -0.2) is 109 Å². The minimum absolute atomic E-state index is 0.0166. The Morgan fingerprint density at radius 1 is 1.08 bits per heavy atom. The standard InChI is InChI=1S/C44H51N5O12S/c1-6-27-22-44(27,42(55)48-62(56,57)30-14-15-30)47-39(52)35-20-29(60-36-21-32(25-10-8-7-9-11-25)45-33-19-28(58-5)13-16-31(33)36)23-49(35)40(53)26(18-38(51)61-43(2,3)4)12-17-37(50)46-34-24-59-41(34)54/h6-11,13,16,19,21,26-27,29-30,34-35H,1,12,14-15,17-18,20,22-24H2,2-5H3,(H,46,50)(H,47,52)(H,48,55)/t26-,27-,29?,34+,35+,44-/m1/s1. The molecule has 3 N–H and O–H groups in total. The molecular weight excluding hydrogens is 823 g/mol. The van der Waals surface area contributed by atoms with Crippen LogP contribution >= 0.6 is 0 Å². The van der Waals surface area contributed by atoms with Gasteiger partial charge in [0.2, 0.25) is 27.7 Å². The van der Waals surface area contributed by atoms with Crippen molar-refractivity contribution in [2.24, 2.45) is 11.8 Å². The van der Waals surface area contributed by atoms with Crippen molar-refractivity contribution in [1.29, 1.82) is 0 Å². The van der Waals surface area contributed by atoms with Gasteiger partial charge in [-0.15, -0.1) is 6.58 Å². The summed E-state index contributed by atoms with van der Waals surface area (Å²) in [6, 6.07) is 14.4. The molecule has 4 fully saturated rings. The van der Waals surface area contributed by atoms with Crippen molar-refractivity contribution >= 4 is 56.5 Å². The number of nitrogens with zero attached hydrogens (tertiary/aromatic N) is 2. The van der Waals surface area contributed by atoms with Gasteiger partial charge in [-0.1, -0.05) is 36.4 Å². The number of esters is 2. The summed E-state index contributed by atoms with van der Waals surface area (Å²) in [5.41, 5.74) is -0.586. The number of rotatable bonds is 17. The van der Waals surface area contributed by atoms with E-state index in [2.05, 4.69) is 21.9 Å². The highest BCUT2D eigenvalue weighted by Gasteiger charge is 2.62. The molecule has 2 aliphatic carbocycles. The lowest BCUT2D eigenvalue weighted by Crippen LogP contribution is -2.57. The molecule has 18 heteroatoms. The lowest BCUT2D eigenvalue weighted by molar-refractivity contribution is -0.164. The number of hydrogen-bond acceptors (Lipinski definition) is 13. The fraction of sp³-hybridized carbons (Fsp3) is 0.477. The third kappa shape index (κ3) is 9.85. The molecule has 62 heavy (non-hydrogen) atoms. The maximum absolute atomic E-state index is 14.8. The third-order valence-corrected chi connectivity index (χ3v) is 13.2.